The maximum absolute atomic E-state index is 12.3. The van der Waals surface area contributed by atoms with Crippen molar-refractivity contribution in [1.29, 1.82) is 0 Å². The average molecular weight is 303 g/mol. The summed E-state index contributed by atoms with van der Waals surface area (Å²) in [6.07, 6.45) is -0.315. The number of hydrogen-bond donors (Lipinski definition) is 0. The lowest BCUT2D eigenvalue weighted by Gasteiger charge is -2.30. The minimum Gasteiger partial charge on any atom is -0.453 e. The van der Waals surface area contributed by atoms with E-state index in [1.165, 1.54) is 0 Å². The van der Waals surface area contributed by atoms with Crippen LogP contribution in [0.4, 0.5) is 0 Å². The summed E-state index contributed by atoms with van der Waals surface area (Å²) < 4.78 is 5.74. The summed E-state index contributed by atoms with van der Waals surface area (Å²) in [5.41, 5.74) is 1.25. The van der Waals surface area contributed by atoms with Crippen molar-refractivity contribution in [3.8, 4) is 0 Å². The lowest BCUT2D eigenvalue weighted by atomic mass is 9.84. The number of hydrogen-bond acceptors (Lipinski definition) is 2. The molecule has 0 amide bonds. The van der Waals surface area contributed by atoms with Crippen molar-refractivity contribution < 1.29 is 9.53 Å². The third kappa shape index (κ3) is 4.08. The van der Waals surface area contributed by atoms with E-state index in [-0.39, 0.29) is 17.5 Å². The van der Waals surface area contributed by atoms with Crippen LogP contribution in [-0.2, 0) is 4.74 Å². The molecule has 2 rings (SSSR count). The van der Waals surface area contributed by atoms with Crippen molar-refractivity contribution in [2.75, 3.05) is 0 Å². The molecule has 3 heteroatoms. The smallest absolute Gasteiger partial charge is 0.338 e. The largest absolute Gasteiger partial charge is 0.453 e. The Morgan fingerprint density at radius 3 is 2.29 bits per heavy atom. The number of rotatable bonds is 3. The SMILES string of the molecule is CC(C)(C)[C@H](OC(=O)c1cccc(Cl)c1)c1ccccc1. The number of ether oxygens (including phenoxy) is 1. The van der Waals surface area contributed by atoms with Crippen molar-refractivity contribution in [3.63, 3.8) is 0 Å². The van der Waals surface area contributed by atoms with Crippen molar-refractivity contribution in [2.24, 2.45) is 5.41 Å². The first kappa shape index (κ1) is 15.6. The van der Waals surface area contributed by atoms with Crippen LogP contribution >= 0.6 is 11.6 Å². The Bertz CT molecular complexity index is 615. The molecule has 0 fully saturated rings. The van der Waals surface area contributed by atoms with E-state index in [1.54, 1.807) is 24.3 Å². The second-order valence-corrected chi connectivity index (χ2v) is 6.51. The second-order valence-electron chi connectivity index (χ2n) is 6.07. The molecule has 0 aliphatic heterocycles. The predicted octanol–water partition coefficient (Wildman–Crippen LogP) is 5.28. The highest BCUT2D eigenvalue weighted by Crippen LogP contribution is 2.36. The van der Waals surface area contributed by atoms with Crippen molar-refractivity contribution in [1.82, 2.24) is 0 Å². The van der Waals surface area contributed by atoms with Gasteiger partial charge in [0.05, 0.1) is 5.56 Å². The third-order valence-corrected chi connectivity index (χ3v) is 3.41. The van der Waals surface area contributed by atoms with Gasteiger partial charge in [-0.15, -0.1) is 0 Å². The van der Waals surface area contributed by atoms with Crippen LogP contribution < -0.4 is 0 Å². The molecule has 0 radical (unpaired) electrons. The van der Waals surface area contributed by atoms with E-state index >= 15 is 0 Å². The molecule has 0 saturated carbocycles. The summed E-state index contributed by atoms with van der Waals surface area (Å²) in [4.78, 5) is 12.3. The molecule has 0 N–H and O–H groups in total. The molecule has 0 spiro atoms. The molecule has 0 unspecified atom stereocenters. The number of carbonyl (C=O) groups excluding carboxylic acids is 1. The Balaban J connectivity index is 2.26. The van der Waals surface area contributed by atoms with Crippen molar-refractivity contribution in [2.45, 2.75) is 26.9 Å². The maximum Gasteiger partial charge on any atom is 0.338 e. The summed E-state index contributed by atoms with van der Waals surface area (Å²) in [5.74, 6) is -0.360. The van der Waals surface area contributed by atoms with Gasteiger partial charge in [0.25, 0.3) is 0 Å². The fourth-order valence-corrected chi connectivity index (χ4v) is 2.35. The van der Waals surface area contributed by atoms with E-state index in [2.05, 4.69) is 20.8 Å². The summed E-state index contributed by atoms with van der Waals surface area (Å²) >= 11 is 5.92. The minimum atomic E-state index is -0.360. The van der Waals surface area contributed by atoms with Gasteiger partial charge in [-0.2, -0.15) is 0 Å². The minimum absolute atomic E-state index is 0.199. The van der Waals surface area contributed by atoms with Gasteiger partial charge in [-0.1, -0.05) is 68.8 Å². The molecule has 0 heterocycles. The molecule has 0 aliphatic rings. The molecular weight excluding hydrogens is 284 g/mol. The Morgan fingerprint density at radius 1 is 1.05 bits per heavy atom. The van der Waals surface area contributed by atoms with Crippen LogP contribution in [0.3, 0.4) is 0 Å². The molecular formula is C18H19ClO2. The highest BCUT2D eigenvalue weighted by molar-refractivity contribution is 6.30. The van der Waals surface area contributed by atoms with Crippen molar-refractivity contribution in [3.05, 3.63) is 70.7 Å². The van der Waals surface area contributed by atoms with E-state index in [9.17, 15) is 4.79 Å². The fourth-order valence-electron chi connectivity index (χ4n) is 2.16. The van der Waals surface area contributed by atoms with Gasteiger partial charge >= 0.3 is 5.97 Å². The molecule has 2 aromatic rings. The van der Waals surface area contributed by atoms with E-state index in [0.717, 1.165) is 5.56 Å². The quantitative estimate of drug-likeness (QED) is 0.721. The number of carbonyl (C=O) groups is 1. The first-order valence-corrected chi connectivity index (χ1v) is 7.27. The van der Waals surface area contributed by atoms with Crippen LogP contribution in [0, 0.1) is 5.41 Å². The lowest BCUT2D eigenvalue weighted by molar-refractivity contribution is -0.00394. The molecule has 0 aliphatic carbocycles. The zero-order valence-electron chi connectivity index (χ0n) is 12.5. The molecule has 0 saturated heterocycles. The predicted molar refractivity (Wildman–Crippen MR) is 85.5 cm³/mol. The highest BCUT2D eigenvalue weighted by atomic mass is 35.5. The molecule has 1 atom stereocenters. The zero-order valence-corrected chi connectivity index (χ0v) is 13.2. The second kappa shape index (κ2) is 6.31. The summed E-state index contributed by atoms with van der Waals surface area (Å²) in [5, 5.41) is 0.525. The van der Waals surface area contributed by atoms with Gasteiger partial charge in [0.2, 0.25) is 0 Å². The van der Waals surface area contributed by atoms with E-state index < -0.39 is 0 Å². The molecule has 2 nitrogen and oxygen atoms in total. The standard InChI is InChI=1S/C18H19ClO2/c1-18(2,3)16(13-8-5-4-6-9-13)21-17(20)14-10-7-11-15(19)12-14/h4-12,16H,1-3H3/t16-/m1/s1. The summed E-state index contributed by atoms with van der Waals surface area (Å²) in [6.45, 7) is 6.15. The number of esters is 1. The van der Waals surface area contributed by atoms with Crippen LogP contribution in [-0.4, -0.2) is 5.97 Å². The van der Waals surface area contributed by atoms with Gasteiger partial charge in [0.15, 0.2) is 0 Å². The zero-order chi connectivity index (χ0) is 15.5. The van der Waals surface area contributed by atoms with Crippen LogP contribution in [0.2, 0.25) is 5.02 Å². The number of halogens is 1. The Hall–Kier alpha value is -1.80. The lowest BCUT2D eigenvalue weighted by Crippen LogP contribution is -2.24. The average Bonchev–Trinajstić information content (AvgIpc) is 2.44. The molecule has 0 bridgehead atoms. The van der Waals surface area contributed by atoms with Crippen LogP contribution in [0.1, 0.15) is 42.8 Å². The van der Waals surface area contributed by atoms with E-state index in [1.807, 2.05) is 30.3 Å². The van der Waals surface area contributed by atoms with Gasteiger partial charge in [-0.25, -0.2) is 4.79 Å². The fraction of sp³-hybridized carbons (Fsp3) is 0.278. The van der Waals surface area contributed by atoms with Crippen LogP contribution in [0.5, 0.6) is 0 Å². The monoisotopic (exact) mass is 302 g/mol. The highest BCUT2D eigenvalue weighted by Gasteiger charge is 2.30. The number of benzene rings is 2. The van der Waals surface area contributed by atoms with Crippen LogP contribution in [0.25, 0.3) is 0 Å². The molecule has 0 aromatic heterocycles. The third-order valence-electron chi connectivity index (χ3n) is 3.17. The Morgan fingerprint density at radius 2 is 1.71 bits per heavy atom. The van der Waals surface area contributed by atoms with Gasteiger partial charge in [0, 0.05) is 10.4 Å². The van der Waals surface area contributed by atoms with Gasteiger partial charge in [-0.05, 0) is 23.8 Å². The van der Waals surface area contributed by atoms with Gasteiger partial charge in [0.1, 0.15) is 6.10 Å². The van der Waals surface area contributed by atoms with E-state index in [4.69, 9.17) is 16.3 Å². The van der Waals surface area contributed by atoms with Gasteiger partial charge < -0.3 is 4.74 Å². The van der Waals surface area contributed by atoms with Crippen molar-refractivity contribution >= 4 is 17.6 Å². The Kier molecular flexibility index (Phi) is 4.69. The summed E-state index contributed by atoms with van der Waals surface area (Å²) in [6, 6.07) is 16.6. The van der Waals surface area contributed by atoms with Crippen LogP contribution in [0.15, 0.2) is 54.6 Å². The molecule has 110 valence electrons. The first-order valence-electron chi connectivity index (χ1n) is 6.89. The first-order chi connectivity index (χ1) is 9.88. The van der Waals surface area contributed by atoms with E-state index in [0.29, 0.717) is 10.6 Å². The molecule has 21 heavy (non-hydrogen) atoms. The topological polar surface area (TPSA) is 26.3 Å². The maximum atomic E-state index is 12.3. The molecule has 2 aromatic carbocycles. The normalized spacial score (nSPS) is 12.8. The summed E-state index contributed by atoms with van der Waals surface area (Å²) in [7, 11) is 0. The van der Waals surface area contributed by atoms with Gasteiger partial charge in [-0.3, -0.25) is 0 Å². The Labute approximate surface area is 130 Å².